The van der Waals surface area contributed by atoms with Gasteiger partial charge in [-0.1, -0.05) is 33.4 Å². The van der Waals surface area contributed by atoms with E-state index in [0.717, 1.165) is 0 Å². The zero-order chi connectivity index (χ0) is 36.9. The van der Waals surface area contributed by atoms with Crippen molar-refractivity contribution in [3.05, 3.63) is 153 Å². The number of ether oxygens (including phenoxy) is 2. The average molecular weight is 725 g/mol. The third-order valence-electron chi connectivity index (χ3n) is 10.5. The zero-order valence-electron chi connectivity index (χ0n) is 27.4. The summed E-state index contributed by atoms with van der Waals surface area (Å²) < 4.78 is 108. The zero-order valence-corrected chi connectivity index (χ0v) is 27.4. The number of rotatable bonds is 4. The normalized spacial score (nSPS) is 20.2. The molecule has 1 spiro atoms. The molecule has 1 unspecified atom stereocenters. The predicted octanol–water partition coefficient (Wildman–Crippen LogP) is 5.02. The monoisotopic (exact) mass is 724 g/mol. The summed E-state index contributed by atoms with van der Waals surface area (Å²) in [6, 6.07) is 18.2. The molecule has 0 amide bonds. The van der Waals surface area contributed by atoms with E-state index in [1.54, 1.807) is 48.6 Å². The molecule has 2 aromatic heterocycles. The Kier molecular flexibility index (Phi) is 5.85. The van der Waals surface area contributed by atoms with E-state index in [-0.39, 0.29) is 33.6 Å². The SMILES string of the molecule is COC(=O)c1ccc(C2=C3C=CC4=[N+]3C35n6c2ccc6C(C(F)(F)F)=C2C=CC(=[N+]23)C(c2ccc(C(=O)OC)cc2)=c2ccc(n25)=C4C(F)(F)F)cc1. The van der Waals surface area contributed by atoms with Crippen LogP contribution in [-0.4, -0.2) is 68.2 Å². The number of nitrogens with zero attached hydrogens (tertiary/aromatic N) is 4. The molecule has 53 heavy (non-hydrogen) atoms. The minimum Gasteiger partial charge on any atom is -0.465 e. The van der Waals surface area contributed by atoms with Crippen LogP contribution in [0, 0.1) is 0 Å². The fourth-order valence-corrected chi connectivity index (χ4v) is 8.68. The van der Waals surface area contributed by atoms with Crippen molar-refractivity contribution >= 4 is 45.7 Å². The highest BCUT2D eigenvalue weighted by Gasteiger charge is 2.75. The molecule has 14 heteroatoms. The van der Waals surface area contributed by atoms with Crippen LogP contribution in [0.1, 0.15) is 43.2 Å². The Morgan fingerprint density at radius 2 is 1.08 bits per heavy atom. The van der Waals surface area contributed by atoms with E-state index in [9.17, 15) is 9.59 Å². The van der Waals surface area contributed by atoms with E-state index >= 15 is 26.3 Å². The molecule has 0 N–H and O–H groups in total. The smallest absolute Gasteiger partial charge is 0.465 e. The van der Waals surface area contributed by atoms with Gasteiger partial charge in [0.05, 0.1) is 58.6 Å². The lowest BCUT2D eigenvalue weighted by molar-refractivity contribution is -0.834. The summed E-state index contributed by atoms with van der Waals surface area (Å²) in [5.41, 5.74) is 0.457. The lowest BCUT2D eigenvalue weighted by Crippen LogP contribution is -2.71. The first-order valence-corrected chi connectivity index (χ1v) is 16.2. The molecule has 2 aromatic carbocycles. The van der Waals surface area contributed by atoms with Crippen molar-refractivity contribution in [1.82, 2.24) is 9.13 Å². The number of halogens is 6. The molecule has 6 aliphatic heterocycles. The van der Waals surface area contributed by atoms with Gasteiger partial charge >= 0.3 is 30.2 Å². The summed E-state index contributed by atoms with van der Waals surface area (Å²) in [6.07, 6.45) is -3.94. The largest absolute Gasteiger partial charge is 0.553 e. The standard InChI is InChI=1S/C39H22F6N4O4/c1-52-35(50)21-7-3-19(4-8-21)31-23-11-15-27-33(37(40,41)42)29-17-13-25-32(20-5-9-22(10-6-20)36(51)53-2)26-14-18-30-34(38(43,44)45)28-16-12-24(31)47(28)39(46(23)27,48(25)29)49(26)30/h3-18H,1-2H3/q+2. The molecule has 0 bridgehead atoms. The van der Waals surface area contributed by atoms with Crippen LogP contribution < -0.4 is 10.7 Å². The highest BCUT2D eigenvalue weighted by Crippen LogP contribution is 2.54. The van der Waals surface area contributed by atoms with Crippen molar-refractivity contribution in [2.45, 2.75) is 18.3 Å². The Bertz CT molecular complexity index is 2790. The summed E-state index contributed by atoms with van der Waals surface area (Å²) >= 11 is 0. The summed E-state index contributed by atoms with van der Waals surface area (Å²) in [4.78, 5) is 24.5. The number of alkyl halides is 6. The summed E-state index contributed by atoms with van der Waals surface area (Å²) in [5, 5.41) is 0.0903. The second-order valence-electron chi connectivity index (χ2n) is 13.0. The number of allylic oxidation sites excluding steroid dienone is 5. The van der Waals surface area contributed by atoms with Gasteiger partial charge in [-0.05, 0) is 59.7 Å². The fraction of sp³-hybridized carbons (Fsp3) is 0.128. The number of methoxy groups -OCH3 is 2. The van der Waals surface area contributed by atoms with E-state index < -0.39 is 41.3 Å². The topological polar surface area (TPSA) is 68.5 Å². The van der Waals surface area contributed by atoms with Gasteiger partial charge in [0.1, 0.15) is 0 Å². The van der Waals surface area contributed by atoms with Crippen molar-refractivity contribution in [2.75, 3.05) is 14.2 Å². The van der Waals surface area contributed by atoms with Crippen molar-refractivity contribution < 1.29 is 54.6 Å². The van der Waals surface area contributed by atoms with Crippen molar-refractivity contribution in [2.24, 2.45) is 0 Å². The predicted molar refractivity (Wildman–Crippen MR) is 177 cm³/mol. The number of hydrogen-bond acceptors (Lipinski definition) is 4. The van der Waals surface area contributed by atoms with Crippen molar-refractivity contribution in [3.63, 3.8) is 0 Å². The van der Waals surface area contributed by atoms with Gasteiger partial charge in [0.25, 0.3) is 0 Å². The van der Waals surface area contributed by atoms with E-state index in [0.29, 0.717) is 44.7 Å². The second-order valence-corrected chi connectivity index (χ2v) is 13.0. The van der Waals surface area contributed by atoms with Crippen LogP contribution in [0.3, 0.4) is 0 Å². The molecule has 6 aliphatic rings. The van der Waals surface area contributed by atoms with Crippen LogP contribution in [0.5, 0.6) is 0 Å². The van der Waals surface area contributed by atoms with Gasteiger partial charge in [-0.25, -0.2) is 9.59 Å². The number of benzene rings is 2. The molecule has 4 aromatic rings. The molecular formula is C39H22F6N4O4+2. The van der Waals surface area contributed by atoms with Crippen molar-refractivity contribution in [1.29, 1.82) is 0 Å². The lowest BCUT2D eigenvalue weighted by atomic mass is 9.94. The van der Waals surface area contributed by atoms with Gasteiger partial charge in [-0.2, -0.15) is 35.5 Å². The second kappa shape index (κ2) is 9.91. The maximum absolute atomic E-state index is 15.4. The summed E-state index contributed by atoms with van der Waals surface area (Å²) in [6.45, 7) is 0. The number of hydrogen-bond donors (Lipinski definition) is 0. The molecule has 10 rings (SSSR count). The number of esters is 2. The summed E-state index contributed by atoms with van der Waals surface area (Å²) in [7, 11) is 2.46. The van der Waals surface area contributed by atoms with E-state index in [4.69, 9.17) is 9.47 Å². The molecule has 0 aliphatic carbocycles. The first-order valence-electron chi connectivity index (χ1n) is 16.2. The quantitative estimate of drug-likeness (QED) is 0.169. The average Bonchev–Trinajstić information content (AvgIpc) is 3.95. The van der Waals surface area contributed by atoms with E-state index in [1.807, 2.05) is 0 Å². The number of aromatic nitrogens is 2. The Balaban J connectivity index is 1.39. The van der Waals surface area contributed by atoms with Crippen LogP contribution in [0.25, 0.3) is 22.3 Å². The maximum Gasteiger partial charge on any atom is 0.553 e. The third kappa shape index (κ3) is 3.67. The highest BCUT2D eigenvalue weighted by molar-refractivity contribution is 6.28. The fourth-order valence-electron chi connectivity index (χ4n) is 8.68. The highest BCUT2D eigenvalue weighted by atomic mass is 19.4. The van der Waals surface area contributed by atoms with Gasteiger partial charge < -0.3 is 9.47 Å². The molecule has 8 heterocycles. The molecule has 262 valence electrons. The third-order valence-corrected chi connectivity index (χ3v) is 10.5. The van der Waals surface area contributed by atoms with Gasteiger partial charge in [-0.3, -0.25) is 0 Å². The van der Waals surface area contributed by atoms with Crippen LogP contribution in [0.15, 0.2) is 108 Å². The van der Waals surface area contributed by atoms with Gasteiger partial charge in [0, 0.05) is 24.3 Å². The molecular weight excluding hydrogens is 702 g/mol. The first-order chi connectivity index (χ1) is 25.3. The Labute approximate surface area is 294 Å². The van der Waals surface area contributed by atoms with Crippen LogP contribution >= 0.6 is 0 Å². The molecule has 0 radical (unpaired) electrons. The molecule has 0 saturated carbocycles. The van der Waals surface area contributed by atoms with E-state index in [2.05, 4.69) is 0 Å². The van der Waals surface area contributed by atoms with E-state index in [1.165, 1.54) is 81.1 Å². The van der Waals surface area contributed by atoms with Crippen molar-refractivity contribution in [3.8, 4) is 0 Å². The van der Waals surface area contributed by atoms with Crippen LogP contribution in [-0.2, 0) is 15.4 Å². The Morgan fingerprint density at radius 3 is 1.66 bits per heavy atom. The van der Waals surface area contributed by atoms with Gasteiger partial charge in [-0.15, -0.1) is 0 Å². The molecule has 1 atom stereocenters. The van der Waals surface area contributed by atoms with Crippen LogP contribution in [0.2, 0.25) is 0 Å². The molecule has 0 saturated heterocycles. The van der Waals surface area contributed by atoms with Crippen LogP contribution in [0.4, 0.5) is 26.3 Å². The Morgan fingerprint density at radius 1 is 0.566 bits per heavy atom. The lowest BCUT2D eigenvalue weighted by Gasteiger charge is -2.41. The number of carbonyl (C=O) groups is 2. The van der Waals surface area contributed by atoms with Gasteiger partial charge in [0.15, 0.2) is 11.1 Å². The van der Waals surface area contributed by atoms with Gasteiger partial charge in [0.2, 0.25) is 22.8 Å². The Hall–Kier alpha value is -6.44. The minimum absolute atomic E-state index is 0.220. The number of carbonyl (C=O) groups excluding carboxylic acids is 2. The molecule has 8 nitrogen and oxygen atoms in total. The minimum atomic E-state index is -4.88. The first kappa shape index (κ1) is 31.3. The maximum atomic E-state index is 15.4. The molecule has 0 fully saturated rings. The summed E-state index contributed by atoms with van der Waals surface area (Å²) in [5.74, 6) is -3.06.